The molecule has 1 atom stereocenters. The smallest absolute Gasteiger partial charge is 0.254 e. The van der Waals surface area contributed by atoms with Crippen molar-refractivity contribution in [3.8, 4) is 0 Å². The third-order valence-electron chi connectivity index (χ3n) is 4.54. The number of nitrogens with zero attached hydrogens (tertiary/aromatic N) is 1. The average molecular weight is 325 g/mol. The van der Waals surface area contributed by atoms with Crippen LogP contribution in [0.4, 0.5) is 0 Å². The number of hydrogen-bond acceptors (Lipinski definition) is 2. The van der Waals surface area contributed by atoms with Gasteiger partial charge in [0.05, 0.1) is 0 Å². The first kappa shape index (κ1) is 16.1. The molecule has 2 aromatic carbocycles. The number of benzene rings is 2. The molecule has 1 aliphatic rings. The molecule has 1 heterocycles. The maximum atomic E-state index is 12.8. The van der Waals surface area contributed by atoms with Gasteiger partial charge in [0.15, 0.2) is 0 Å². The molecule has 23 heavy (non-hydrogen) atoms. The topological polar surface area (TPSA) is 20.3 Å². The Bertz CT molecular complexity index is 698. The summed E-state index contributed by atoms with van der Waals surface area (Å²) in [5, 5.41) is 0.492. The van der Waals surface area contributed by atoms with Crippen LogP contribution in [0.25, 0.3) is 0 Å². The van der Waals surface area contributed by atoms with Gasteiger partial charge in [-0.05, 0) is 43.0 Å². The Hall–Kier alpha value is -1.74. The summed E-state index contributed by atoms with van der Waals surface area (Å²) in [7, 11) is 0. The van der Waals surface area contributed by atoms with E-state index in [2.05, 4.69) is 31.2 Å². The number of aryl methyl sites for hydroxylation is 2. The first-order valence-corrected chi connectivity index (χ1v) is 9.23. The molecule has 1 fully saturated rings. The Morgan fingerprint density at radius 2 is 1.70 bits per heavy atom. The van der Waals surface area contributed by atoms with Gasteiger partial charge in [-0.3, -0.25) is 4.79 Å². The Labute approximate surface area is 142 Å². The fourth-order valence-corrected chi connectivity index (χ4v) is 4.48. The van der Waals surface area contributed by atoms with E-state index in [0.717, 1.165) is 36.4 Å². The summed E-state index contributed by atoms with van der Waals surface area (Å²) in [6.07, 6.45) is 1.02. The van der Waals surface area contributed by atoms with Crippen LogP contribution in [0.2, 0.25) is 0 Å². The molecule has 0 aromatic heterocycles. The van der Waals surface area contributed by atoms with E-state index in [0.29, 0.717) is 5.25 Å². The number of thioether (sulfide) groups is 1. The summed E-state index contributed by atoms with van der Waals surface area (Å²) in [6, 6.07) is 16.5. The Morgan fingerprint density at radius 1 is 1.00 bits per heavy atom. The summed E-state index contributed by atoms with van der Waals surface area (Å²) in [5.74, 6) is 1.17. The highest BCUT2D eigenvalue weighted by atomic mass is 32.2. The number of amides is 1. The van der Waals surface area contributed by atoms with E-state index in [1.165, 1.54) is 11.1 Å². The van der Waals surface area contributed by atoms with E-state index < -0.39 is 0 Å². The molecular formula is C20H23NOS. The van der Waals surface area contributed by atoms with Gasteiger partial charge in [0, 0.05) is 29.7 Å². The lowest BCUT2D eigenvalue weighted by Gasteiger charge is -2.21. The SMILES string of the molecule is Cc1ccccc1C(=O)N1CCS[C@H](c2ccccc2C)CC1. The molecule has 0 unspecified atom stereocenters. The van der Waals surface area contributed by atoms with E-state index in [9.17, 15) is 4.79 Å². The highest BCUT2D eigenvalue weighted by Gasteiger charge is 2.24. The van der Waals surface area contributed by atoms with E-state index in [4.69, 9.17) is 0 Å². The third-order valence-corrected chi connectivity index (χ3v) is 5.85. The van der Waals surface area contributed by atoms with Gasteiger partial charge in [0.1, 0.15) is 0 Å². The molecular weight excluding hydrogens is 302 g/mol. The van der Waals surface area contributed by atoms with Gasteiger partial charge in [-0.1, -0.05) is 42.5 Å². The minimum atomic E-state index is 0.175. The average Bonchev–Trinajstić information content (AvgIpc) is 2.81. The summed E-state index contributed by atoms with van der Waals surface area (Å²) in [5.41, 5.74) is 4.67. The molecule has 0 saturated carbocycles. The maximum Gasteiger partial charge on any atom is 0.254 e. The zero-order valence-electron chi connectivity index (χ0n) is 13.8. The van der Waals surface area contributed by atoms with Crippen molar-refractivity contribution in [1.82, 2.24) is 4.90 Å². The second-order valence-corrected chi connectivity index (χ2v) is 7.42. The molecule has 0 aliphatic carbocycles. The first-order valence-electron chi connectivity index (χ1n) is 8.19. The van der Waals surface area contributed by atoms with Crippen LogP contribution in [0.15, 0.2) is 48.5 Å². The molecule has 0 radical (unpaired) electrons. The van der Waals surface area contributed by atoms with Crippen LogP contribution in [0.5, 0.6) is 0 Å². The number of carbonyl (C=O) groups is 1. The molecule has 120 valence electrons. The van der Waals surface area contributed by atoms with Gasteiger partial charge in [-0.2, -0.15) is 11.8 Å². The van der Waals surface area contributed by atoms with Gasteiger partial charge in [-0.15, -0.1) is 0 Å². The van der Waals surface area contributed by atoms with Crippen LogP contribution in [0.1, 0.15) is 38.7 Å². The second kappa shape index (κ2) is 7.22. The van der Waals surface area contributed by atoms with Crippen molar-refractivity contribution in [1.29, 1.82) is 0 Å². The minimum absolute atomic E-state index is 0.175. The maximum absolute atomic E-state index is 12.8. The predicted octanol–water partition coefficient (Wildman–Crippen LogP) is 4.62. The molecule has 0 spiro atoms. The van der Waals surface area contributed by atoms with Crippen LogP contribution < -0.4 is 0 Å². The number of carbonyl (C=O) groups excluding carboxylic acids is 1. The zero-order valence-corrected chi connectivity index (χ0v) is 14.6. The molecule has 1 amide bonds. The van der Waals surface area contributed by atoms with Gasteiger partial charge < -0.3 is 4.90 Å². The summed E-state index contributed by atoms with van der Waals surface area (Å²) in [4.78, 5) is 14.8. The minimum Gasteiger partial charge on any atom is -0.338 e. The lowest BCUT2D eigenvalue weighted by Crippen LogP contribution is -2.33. The Kier molecular flexibility index (Phi) is 5.06. The van der Waals surface area contributed by atoms with Crippen LogP contribution in [0, 0.1) is 13.8 Å². The van der Waals surface area contributed by atoms with E-state index in [-0.39, 0.29) is 5.91 Å². The van der Waals surface area contributed by atoms with Crippen LogP contribution in [0.3, 0.4) is 0 Å². The van der Waals surface area contributed by atoms with E-state index in [1.807, 2.05) is 47.9 Å². The van der Waals surface area contributed by atoms with Crippen molar-refractivity contribution in [3.05, 3.63) is 70.8 Å². The lowest BCUT2D eigenvalue weighted by molar-refractivity contribution is 0.0766. The predicted molar refractivity (Wildman–Crippen MR) is 98.1 cm³/mol. The third kappa shape index (κ3) is 3.61. The van der Waals surface area contributed by atoms with E-state index in [1.54, 1.807) is 0 Å². The summed E-state index contributed by atoms with van der Waals surface area (Å²) < 4.78 is 0. The quantitative estimate of drug-likeness (QED) is 0.803. The normalized spacial score (nSPS) is 18.5. The molecule has 1 aliphatic heterocycles. The van der Waals surface area contributed by atoms with E-state index >= 15 is 0 Å². The molecule has 0 N–H and O–H groups in total. The van der Waals surface area contributed by atoms with Crippen LogP contribution in [-0.4, -0.2) is 29.6 Å². The molecule has 2 aromatic rings. The van der Waals surface area contributed by atoms with Crippen molar-refractivity contribution >= 4 is 17.7 Å². The first-order chi connectivity index (χ1) is 11.2. The summed E-state index contributed by atoms with van der Waals surface area (Å²) >= 11 is 1.98. The standard InChI is InChI=1S/C20H23NOS/c1-15-7-3-5-9-17(15)19-11-12-21(13-14-23-19)20(22)18-10-6-4-8-16(18)2/h3-10,19H,11-14H2,1-2H3/t19-/m0/s1. The number of rotatable bonds is 2. The fraction of sp³-hybridized carbons (Fsp3) is 0.350. The lowest BCUT2D eigenvalue weighted by atomic mass is 10.0. The van der Waals surface area contributed by atoms with Crippen molar-refractivity contribution in [2.45, 2.75) is 25.5 Å². The summed E-state index contributed by atoms with van der Waals surface area (Å²) in [6.45, 7) is 5.85. The highest BCUT2D eigenvalue weighted by molar-refractivity contribution is 7.99. The van der Waals surface area contributed by atoms with Crippen LogP contribution >= 0.6 is 11.8 Å². The van der Waals surface area contributed by atoms with Gasteiger partial charge in [0.25, 0.3) is 5.91 Å². The monoisotopic (exact) mass is 325 g/mol. The fourth-order valence-electron chi connectivity index (χ4n) is 3.15. The molecule has 1 saturated heterocycles. The van der Waals surface area contributed by atoms with Crippen molar-refractivity contribution in [2.24, 2.45) is 0 Å². The Morgan fingerprint density at radius 3 is 2.43 bits per heavy atom. The number of hydrogen-bond donors (Lipinski definition) is 0. The molecule has 3 heteroatoms. The second-order valence-electron chi connectivity index (χ2n) is 6.11. The van der Waals surface area contributed by atoms with Crippen molar-refractivity contribution < 1.29 is 4.79 Å². The van der Waals surface area contributed by atoms with Crippen molar-refractivity contribution in [3.63, 3.8) is 0 Å². The van der Waals surface area contributed by atoms with Gasteiger partial charge in [-0.25, -0.2) is 0 Å². The van der Waals surface area contributed by atoms with Crippen LogP contribution in [-0.2, 0) is 0 Å². The largest absolute Gasteiger partial charge is 0.338 e. The Balaban J connectivity index is 1.73. The molecule has 0 bridgehead atoms. The van der Waals surface area contributed by atoms with Crippen molar-refractivity contribution in [2.75, 3.05) is 18.8 Å². The highest BCUT2D eigenvalue weighted by Crippen LogP contribution is 2.36. The zero-order chi connectivity index (χ0) is 16.2. The molecule has 3 rings (SSSR count). The van der Waals surface area contributed by atoms with Gasteiger partial charge >= 0.3 is 0 Å². The molecule has 2 nitrogen and oxygen atoms in total. The van der Waals surface area contributed by atoms with Gasteiger partial charge in [0.2, 0.25) is 0 Å².